The first kappa shape index (κ1) is 58.1. The van der Waals surface area contributed by atoms with Crippen molar-refractivity contribution < 1.29 is 29.4 Å². The van der Waals surface area contributed by atoms with Gasteiger partial charge in [-0.05, 0) is 47.3 Å². The van der Waals surface area contributed by atoms with Gasteiger partial charge in [-0.2, -0.15) is 0 Å². The van der Waals surface area contributed by atoms with E-state index in [0.717, 1.165) is 0 Å². The van der Waals surface area contributed by atoms with Crippen LogP contribution in [0.25, 0.3) is 0 Å². The van der Waals surface area contributed by atoms with E-state index in [0.29, 0.717) is 60.6 Å². The predicted octanol–water partition coefficient (Wildman–Crippen LogP) is 8.79. The third-order valence-corrected chi connectivity index (χ3v) is 11.1. The summed E-state index contributed by atoms with van der Waals surface area (Å²) in [6.07, 6.45) is 8.14. The van der Waals surface area contributed by atoms with Crippen LogP contribution < -0.4 is 20.0 Å². The van der Waals surface area contributed by atoms with Gasteiger partial charge < -0.3 is 9.47 Å². The number of rotatable bonds is 17. The van der Waals surface area contributed by atoms with Crippen LogP contribution in [-0.2, 0) is 9.47 Å². The zero-order chi connectivity index (χ0) is 46.5. The molecule has 0 bridgehead atoms. The second-order valence-electron chi connectivity index (χ2n) is 18.7. The van der Waals surface area contributed by atoms with E-state index in [9.17, 15) is 0 Å². The van der Waals surface area contributed by atoms with E-state index in [-0.39, 0.29) is 48.9 Å². The Morgan fingerprint density at radius 2 is 0.460 bits per heavy atom. The Bertz CT molecular complexity index is 1660. The number of hydrogen-bond acceptors (Lipinski definition) is 2. The topological polar surface area (TPSA) is 74.3 Å². The van der Waals surface area contributed by atoms with Gasteiger partial charge in [0.1, 0.15) is 0 Å². The molecule has 0 aliphatic rings. The van der Waals surface area contributed by atoms with Gasteiger partial charge in [0.05, 0.1) is 13.2 Å². The van der Waals surface area contributed by atoms with Crippen molar-refractivity contribution in [1.82, 2.24) is 0 Å². The molecule has 0 atom stereocenters. The Balaban J connectivity index is 0.000000550. The maximum atomic E-state index is 4.66. The van der Waals surface area contributed by atoms with Crippen molar-refractivity contribution in [2.45, 2.75) is 158 Å². The average molecular weight is 985 g/mol. The Morgan fingerprint density at radius 3 is 0.571 bits per heavy atom. The van der Waals surface area contributed by atoms with Crippen molar-refractivity contribution in [1.29, 1.82) is 0 Å². The molecular formula is C56H86BaN4O2+6. The fraction of sp³-hybridized carbons (Fsp3) is 0.500. The van der Waals surface area contributed by atoms with Crippen molar-refractivity contribution in [2.24, 2.45) is 0 Å². The van der Waals surface area contributed by atoms with Crippen LogP contribution in [0.5, 0.6) is 0 Å². The van der Waals surface area contributed by atoms with Crippen molar-refractivity contribution in [3.8, 4) is 0 Å². The summed E-state index contributed by atoms with van der Waals surface area (Å²) in [5.74, 6) is 3.86. The number of para-hydroxylation sites is 4. The molecule has 0 fully saturated rings. The number of ether oxygens (including phenoxy) is 2. The third kappa shape index (κ3) is 18.5. The van der Waals surface area contributed by atoms with Gasteiger partial charge in [0.2, 0.25) is 47.6 Å². The van der Waals surface area contributed by atoms with Gasteiger partial charge in [0.25, 0.3) is 0 Å². The molecule has 0 saturated heterocycles. The molecule has 4 aromatic carbocycles. The fourth-order valence-electron chi connectivity index (χ4n) is 7.54. The predicted molar refractivity (Wildman–Crippen MR) is 275 cm³/mol. The van der Waals surface area contributed by atoms with Gasteiger partial charge in [0.15, 0.2) is 0 Å². The zero-order valence-corrected chi connectivity index (χ0v) is 47.2. The van der Waals surface area contributed by atoms with Crippen LogP contribution in [0.15, 0.2) is 72.8 Å². The molecule has 0 heterocycles. The molecule has 0 aliphatic heterocycles. The fourth-order valence-corrected chi connectivity index (χ4v) is 7.54. The van der Waals surface area contributed by atoms with Crippen LogP contribution in [0, 0.1) is 0 Å². The van der Waals surface area contributed by atoms with Crippen LogP contribution in [-0.4, -0.2) is 101 Å². The average Bonchev–Trinajstić information content (AvgIpc) is 3.22. The van der Waals surface area contributed by atoms with Gasteiger partial charge in [-0.1, -0.05) is 184 Å². The monoisotopic (exact) mass is 985 g/mol. The van der Waals surface area contributed by atoms with Crippen molar-refractivity contribution >= 4 is 96.5 Å². The van der Waals surface area contributed by atoms with E-state index in [2.05, 4.69) is 213 Å². The van der Waals surface area contributed by atoms with Crippen LogP contribution >= 0.6 is 0 Å². The maximum absolute atomic E-state index is 4.66. The van der Waals surface area contributed by atoms with Crippen LogP contribution in [0.4, 0.5) is 22.7 Å². The molecule has 63 heavy (non-hydrogen) atoms. The first-order chi connectivity index (χ1) is 29.4. The summed E-state index contributed by atoms with van der Waals surface area (Å²) in [6, 6.07) is 26.5. The Hall–Kier alpha value is -2.95. The van der Waals surface area contributed by atoms with Crippen LogP contribution in [0.3, 0.4) is 0 Å². The minimum Gasteiger partial charge on any atom is -0.382 e. The van der Waals surface area contributed by atoms with Gasteiger partial charge in [-0.25, -0.2) is 20.0 Å². The molecule has 0 spiro atoms. The second-order valence-corrected chi connectivity index (χ2v) is 18.7. The Labute approximate surface area is 425 Å². The summed E-state index contributed by atoms with van der Waals surface area (Å²) in [7, 11) is 3.30. The molecule has 0 aliphatic carbocycles. The molecule has 4 aromatic rings. The zero-order valence-electron chi connectivity index (χ0n) is 42.8. The van der Waals surface area contributed by atoms with E-state index in [4.69, 9.17) is 0 Å². The van der Waals surface area contributed by atoms with Gasteiger partial charge >= 0.3 is 48.9 Å². The van der Waals surface area contributed by atoms with Gasteiger partial charge in [0, 0.05) is 58.7 Å². The molecule has 7 heteroatoms. The SMILES string of the molecule is CC(C)c1cccc(C(C)C)c1[NH+]=CC=[NH+]c1c(C(C)C)cccc1C(C)C.CC(C)c1cccc(C(C)C)c1[NH+]=CC=[NH+]c1c(C(C)C)cccc1C(C)C.COCCOC.[Ba+2]. The molecule has 4 rings (SSSR count). The van der Waals surface area contributed by atoms with E-state index >= 15 is 0 Å². The van der Waals surface area contributed by atoms with Crippen molar-refractivity contribution in [3.63, 3.8) is 0 Å². The minimum atomic E-state index is 0. The minimum absolute atomic E-state index is 0. The summed E-state index contributed by atoms with van der Waals surface area (Å²) < 4.78 is 9.31. The smallest absolute Gasteiger partial charge is 0.382 e. The summed E-state index contributed by atoms with van der Waals surface area (Å²) in [5.41, 5.74) is 15.9. The van der Waals surface area contributed by atoms with Crippen molar-refractivity contribution in [2.75, 3.05) is 27.4 Å². The molecule has 0 saturated carbocycles. The molecule has 0 aromatic heterocycles. The molecule has 338 valence electrons. The normalized spacial score (nSPS) is 12.0. The standard InChI is InChI=1S/2C26H36N2.C4H10O2.Ba/c2*1-17(2)21-11-9-12-22(18(3)4)25(21)27-15-16-28-26-23(19(5)6)13-10-14-24(26)20(7)8;1-5-3-4-6-2;/h2*9-20H,1-8H3;3-4H2,1-2H3;/q;;;+2/p+4. The molecule has 0 amide bonds. The number of benzene rings is 4. The van der Waals surface area contributed by atoms with E-state index in [1.165, 1.54) is 67.3 Å². The Morgan fingerprint density at radius 1 is 0.317 bits per heavy atom. The number of nitrogens with one attached hydrogen (secondary N) is 4. The second kappa shape index (κ2) is 30.3. The first-order valence-electron chi connectivity index (χ1n) is 23.2. The summed E-state index contributed by atoms with van der Waals surface area (Å²) >= 11 is 0. The van der Waals surface area contributed by atoms with Gasteiger partial charge in [-0.15, -0.1) is 0 Å². The van der Waals surface area contributed by atoms with Gasteiger partial charge in [-0.3, -0.25) is 0 Å². The van der Waals surface area contributed by atoms with Crippen LogP contribution in [0.2, 0.25) is 0 Å². The Kier molecular flexibility index (Phi) is 27.9. The summed E-state index contributed by atoms with van der Waals surface area (Å²) in [6.45, 7) is 37.4. The maximum Gasteiger partial charge on any atom is 2.00 e. The third-order valence-electron chi connectivity index (χ3n) is 11.1. The van der Waals surface area contributed by atoms with Crippen LogP contribution in [0.1, 0.15) is 203 Å². The van der Waals surface area contributed by atoms with E-state index in [1.807, 2.05) is 24.9 Å². The van der Waals surface area contributed by atoms with E-state index in [1.54, 1.807) is 14.2 Å². The first-order valence-corrected chi connectivity index (χ1v) is 23.2. The number of hydrogen-bond donors (Lipinski definition) is 4. The largest absolute Gasteiger partial charge is 2.00 e. The summed E-state index contributed by atoms with van der Waals surface area (Å²) in [4.78, 5) is 14.3. The molecule has 0 radical (unpaired) electrons. The van der Waals surface area contributed by atoms with Crippen molar-refractivity contribution in [3.05, 3.63) is 117 Å². The summed E-state index contributed by atoms with van der Waals surface area (Å²) in [5, 5.41) is 0. The molecule has 0 unspecified atom stereocenters. The molecular weight excluding hydrogens is 898 g/mol. The number of methoxy groups -OCH3 is 2. The van der Waals surface area contributed by atoms with E-state index < -0.39 is 0 Å². The quantitative estimate of drug-likeness (QED) is 0.0486. The molecule has 6 nitrogen and oxygen atoms in total. The molecule has 4 N–H and O–H groups in total.